The summed E-state index contributed by atoms with van der Waals surface area (Å²) in [6.45, 7) is 6.17. The Balaban J connectivity index is 1.54. The molecule has 2 amide bonds. The predicted octanol–water partition coefficient (Wildman–Crippen LogP) is 4.08. The Hall–Kier alpha value is -2.69. The maximum absolute atomic E-state index is 13.3. The fraction of sp³-hybridized carbons (Fsp3) is 0.500. The van der Waals surface area contributed by atoms with E-state index in [0.717, 1.165) is 48.9 Å². The van der Waals surface area contributed by atoms with E-state index in [1.807, 2.05) is 17.0 Å². The van der Waals surface area contributed by atoms with Gasteiger partial charge in [0.1, 0.15) is 0 Å². The number of pyridine rings is 1. The summed E-state index contributed by atoms with van der Waals surface area (Å²) >= 11 is 0. The number of rotatable bonds is 7. The highest BCUT2D eigenvalue weighted by molar-refractivity contribution is 5.86. The van der Waals surface area contributed by atoms with Gasteiger partial charge >= 0.3 is 0 Å². The van der Waals surface area contributed by atoms with Gasteiger partial charge in [-0.05, 0) is 66.8 Å². The molecule has 31 heavy (non-hydrogen) atoms. The van der Waals surface area contributed by atoms with Crippen LogP contribution in [0.15, 0.2) is 48.8 Å². The van der Waals surface area contributed by atoms with Gasteiger partial charge in [-0.25, -0.2) is 0 Å². The molecule has 2 aliphatic rings. The normalized spacial score (nSPS) is 25.2. The molecule has 3 atom stereocenters. The first-order valence-corrected chi connectivity index (χ1v) is 11.6. The van der Waals surface area contributed by atoms with Crippen LogP contribution in [0.2, 0.25) is 0 Å². The van der Waals surface area contributed by atoms with Gasteiger partial charge in [0.2, 0.25) is 11.8 Å². The van der Waals surface area contributed by atoms with Crippen LogP contribution < -0.4 is 5.32 Å². The molecule has 5 nitrogen and oxygen atoms in total. The van der Waals surface area contributed by atoms with Crippen molar-refractivity contribution in [3.63, 3.8) is 0 Å². The van der Waals surface area contributed by atoms with E-state index in [4.69, 9.17) is 0 Å². The molecule has 164 valence electrons. The Morgan fingerprint density at radius 1 is 1.13 bits per heavy atom. The smallest absolute Gasteiger partial charge is 0.228 e. The minimum atomic E-state index is -0.556. The third-order valence-electron chi connectivity index (χ3n) is 6.84. The number of nitrogens with zero attached hydrogens (tertiary/aromatic N) is 2. The Bertz CT molecular complexity index is 912. The summed E-state index contributed by atoms with van der Waals surface area (Å²) in [6.07, 6.45) is 7.84. The molecular weight excluding hydrogens is 386 g/mol. The lowest BCUT2D eigenvalue weighted by Crippen LogP contribution is -2.55. The van der Waals surface area contributed by atoms with Crippen molar-refractivity contribution in [3.05, 3.63) is 54.4 Å². The van der Waals surface area contributed by atoms with Gasteiger partial charge in [-0.15, -0.1) is 0 Å². The maximum atomic E-state index is 13.3. The fourth-order valence-corrected chi connectivity index (χ4v) is 4.81. The van der Waals surface area contributed by atoms with Gasteiger partial charge in [-0.3, -0.25) is 14.6 Å². The first kappa shape index (κ1) is 21.5. The molecule has 1 aliphatic carbocycles. The molecule has 1 aromatic carbocycles. The molecule has 0 bridgehead atoms. The largest absolute Gasteiger partial charge is 0.356 e. The van der Waals surface area contributed by atoms with Crippen molar-refractivity contribution < 1.29 is 9.59 Å². The number of carbonyl (C=O) groups excluding carboxylic acids is 2. The van der Waals surface area contributed by atoms with Crippen molar-refractivity contribution in [3.8, 4) is 11.1 Å². The van der Waals surface area contributed by atoms with E-state index < -0.39 is 5.41 Å². The van der Waals surface area contributed by atoms with E-state index in [2.05, 4.69) is 48.4 Å². The standard InChI is InChI=1S/C26H33N3O2/c1-3-12-28-25(31)26(11-4-15-29(18-26)24(30)23-16-19(23)2)17-20-5-7-21(8-6-20)22-9-13-27-14-10-22/h5-10,13-14,19,23H,3-4,11-12,15-18H2,1-2H3,(H,28,31)/t19-,23+,26+/m1/s1. The van der Waals surface area contributed by atoms with Crippen LogP contribution in [0.5, 0.6) is 0 Å². The summed E-state index contributed by atoms with van der Waals surface area (Å²) < 4.78 is 0. The number of amides is 2. The van der Waals surface area contributed by atoms with Gasteiger partial charge in [-0.1, -0.05) is 38.1 Å². The number of carbonyl (C=O) groups is 2. The molecule has 1 N–H and O–H groups in total. The number of hydrogen-bond acceptors (Lipinski definition) is 3. The number of piperidine rings is 1. The summed E-state index contributed by atoms with van der Waals surface area (Å²) in [5, 5.41) is 3.13. The highest BCUT2D eigenvalue weighted by Crippen LogP contribution is 2.42. The lowest BCUT2D eigenvalue weighted by atomic mass is 9.74. The SMILES string of the molecule is CCCNC(=O)[C@]1(Cc2ccc(-c3ccncc3)cc2)CCCN(C(=O)[C@H]2C[C@H]2C)C1. The number of aromatic nitrogens is 1. The van der Waals surface area contributed by atoms with Gasteiger partial charge in [0.25, 0.3) is 0 Å². The van der Waals surface area contributed by atoms with Crippen LogP contribution in [0.3, 0.4) is 0 Å². The van der Waals surface area contributed by atoms with E-state index in [-0.39, 0.29) is 17.7 Å². The molecule has 0 radical (unpaired) electrons. The summed E-state index contributed by atoms with van der Waals surface area (Å²) in [7, 11) is 0. The molecule has 0 spiro atoms. The van der Waals surface area contributed by atoms with Crippen molar-refractivity contribution >= 4 is 11.8 Å². The van der Waals surface area contributed by atoms with Gasteiger partial charge in [-0.2, -0.15) is 0 Å². The first-order valence-electron chi connectivity index (χ1n) is 11.6. The molecule has 4 rings (SSSR count). The van der Waals surface area contributed by atoms with Crippen LogP contribution in [-0.2, 0) is 16.0 Å². The molecule has 1 saturated carbocycles. The molecule has 0 unspecified atom stereocenters. The Morgan fingerprint density at radius 2 is 1.81 bits per heavy atom. The molecule has 2 aromatic rings. The maximum Gasteiger partial charge on any atom is 0.228 e. The Kier molecular flexibility index (Phi) is 6.40. The molecule has 1 saturated heterocycles. The summed E-state index contributed by atoms with van der Waals surface area (Å²) in [5.41, 5.74) is 2.85. The lowest BCUT2D eigenvalue weighted by molar-refractivity contribution is -0.142. The number of nitrogens with one attached hydrogen (secondary N) is 1. The fourth-order valence-electron chi connectivity index (χ4n) is 4.81. The highest BCUT2D eigenvalue weighted by atomic mass is 16.2. The van der Waals surface area contributed by atoms with E-state index >= 15 is 0 Å². The van der Waals surface area contributed by atoms with Crippen LogP contribution in [0.25, 0.3) is 11.1 Å². The van der Waals surface area contributed by atoms with E-state index in [9.17, 15) is 9.59 Å². The van der Waals surface area contributed by atoms with E-state index in [1.165, 1.54) is 0 Å². The number of benzene rings is 1. The molecule has 1 aliphatic heterocycles. The molecular formula is C26H33N3O2. The monoisotopic (exact) mass is 419 g/mol. The summed E-state index contributed by atoms with van der Waals surface area (Å²) in [4.78, 5) is 32.3. The topological polar surface area (TPSA) is 62.3 Å². The quantitative estimate of drug-likeness (QED) is 0.735. The third-order valence-corrected chi connectivity index (χ3v) is 6.84. The van der Waals surface area contributed by atoms with Gasteiger partial charge < -0.3 is 10.2 Å². The second kappa shape index (κ2) is 9.21. The average molecular weight is 420 g/mol. The van der Waals surface area contributed by atoms with Crippen LogP contribution in [0.1, 0.15) is 45.1 Å². The van der Waals surface area contributed by atoms with Crippen molar-refractivity contribution in [2.45, 2.75) is 46.0 Å². The third kappa shape index (κ3) is 4.81. The van der Waals surface area contributed by atoms with Crippen molar-refractivity contribution in [2.24, 2.45) is 17.3 Å². The molecule has 2 fully saturated rings. The molecule has 2 heterocycles. The number of hydrogen-bond donors (Lipinski definition) is 1. The van der Waals surface area contributed by atoms with Gasteiger partial charge in [0, 0.05) is 37.9 Å². The highest BCUT2D eigenvalue weighted by Gasteiger charge is 2.47. The van der Waals surface area contributed by atoms with E-state index in [0.29, 0.717) is 25.4 Å². The summed E-state index contributed by atoms with van der Waals surface area (Å²) in [6, 6.07) is 12.5. The minimum Gasteiger partial charge on any atom is -0.356 e. The van der Waals surface area contributed by atoms with Crippen LogP contribution >= 0.6 is 0 Å². The zero-order valence-electron chi connectivity index (χ0n) is 18.6. The van der Waals surface area contributed by atoms with E-state index in [1.54, 1.807) is 12.4 Å². The van der Waals surface area contributed by atoms with Crippen LogP contribution in [0.4, 0.5) is 0 Å². The summed E-state index contributed by atoms with van der Waals surface area (Å²) in [5.74, 6) is 0.981. The second-order valence-corrected chi connectivity index (χ2v) is 9.33. The average Bonchev–Trinajstić information content (AvgIpc) is 3.54. The second-order valence-electron chi connectivity index (χ2n) is 9.33. The Labute approximate surface area is 185 Å². The van der Waals surface area contributed by atoms with Gasteiger partial charge in [0.15, 0.2) is 0 Å². The Morgan fingerprint density at radius 3 is 2.45 bits per heavy atom. The lowest BCUT2D eigenvalue weighted by Gasteiger charge is -2.42. The minimum absolute atomic E-state index is 0.0916. The molecule has 5 heteroatoms. The zero-order chi connectivity index (χ0) is 21.8. The molecule has 1 aromatic heterocycles. The van der Waals surface area contributed by atoms with Crippen molar-refractivity contribution in [1.29, 1.82) is 0 Å². The van der Waals surface area contributed by atoms with Crippen LogP contribution in [0, 0.1) is 17.3 Å². The first-order chi connectivity index (χ1) is 15.0. The predicted molar refractivity (Wildman–Crippen MR) is 122 cm³/mol. The van der Waals surface area contributed by atoms with Crippen molar-refractivity contribution in [2.75, 3.05) is 19.6 Å². The van der Waals surface area contributed by atoms with Crippen molar-refractivity contribution in [1.82, 2.24) is 15.2 Å². The van der Waals surface area contributed by atoms with Gasteiger partial charge in [0.05, 0.1) is 5.41 Å². The van der Waals surface area contributed by atoms with Crippen LogP contribution in [-0.4, -0.2) is 41.3 Å². The number of likely N-dealkylation sites (tertiary alicyclic amines) is 1. The zero-order valence-corrected chi connectivity index (χ0v) is 18.6.